The summed E-state index contributed by atoms with van der Waals surface area (Å²) in [5.41, 5.74) is 1.81. The number of nitrogens with one attached hydrogen (secondary N) is 1. The van der Waals surface area contributed by atoms with Crippen LogP contribution in [0.25, 0.3) is 0 Å². The van der Waals surface area contributed by atoms with Gasteiger partial charge in [-0.05, 0) is 77.5 Å². The van der Waals surface area contributed by atoms with Crippen molar-refractivity contribution in [1.82, 2.24) is 10.2 Å². The zero-order chi connectivity index (χ0) is 19.2. The van der Waals surface area contributed by atoms with E-state index in [1.807, 2.05) is 25.1 Å². The Labute approximate surface area is 179 Å². The second-order valence-electron chi connectivity index (χ2n) is 5.50. The molecule has 2 aromatic carbocycles. The van der Waals surface area contributed by atoms with Crippen molar-refractivity contribution in [3.8, 4) is 5.75 Å². The number of hydrogen-bond acceptors (Lipinski definition) is 6. The average Bonchev–Trinajstić information content (AvgIpc) is 3.10. The number of aryl methyl sites for hydroxylation is 1. The van der Waals surface area contributed by atoms with Gasteiger partial charge in [-0.25, -0.2) is 0 Å². The van der Waals surface area contributed by atoms with Crippen molar-refractivity contribution in [2.45, 2.75) is 18.8 Å². The molecule has 0 unspecified atom stereocenters. The topological polar surface area (TPSA) is 77.2 Å². The van der Waals surface area contributed by atoms with E-state index in [2.05, 4.69) is 38.1 Å². The van der Waals surface area contributed by atoms with Crippen LogP contribution in [0.15, 0.2) is 52.1 Å². The zero-order valence-corrected chi connectivity index (χ0v) is 18.0. The number of anilines is 1. The third kappa shape index (κ3) is 6.12. The summed E-state index contributed by atoms with van der Waals surface area (Å²) in [6.07, 6.45) is 0. The third-order valence-corrected chi connectivity index (χ3v) is 5.15. The van der Waals surface area contributed by atoms with Gasteiger partial charge in [-0.1, -0.05) is 23.4 Å². The van der Waals surface area contributed by atoms with Crippen molar-refractivity contribution >= 4 is 57.5 Å². The molecule has 0 saturated carbocycles. The van der Waals surface area contributed by atoms with E-state index in [9.17, 15) is 4.79 Å². The van der Waals surface area contributed by atoms with Crippen LogP contribution in [0.1, 0.15) is 11.5 Å². The van der Waals surface area contributed by atoms with E-state index >= 15 is 0 Å². The molecule has 3 aromatic rings. The maximum Gasteiger partial charge on any atom is 0.277 e. The van der Waals surface area contributed by atoms with Gasteiger partial charge in [-0.15, -0.1) is 10.2 Å². The number of aromatic nitrogens is 2. The molecule has 0 bridgehead atoms. The van der Waals surface area contributed by atoms with Gasteiger partial charge in [0.1, 0.15) is 5.75 Å². The van der Waals surface area contributed by atoms with Gasteiger partial charge in [0, 0.05) is 14.3 Å². The Bertz CT molecular complexity index is 934. The first-order valence-electron chi connectivity index (χ1n) is 7.89. The first-order chi connectivity index (χ1) is 13.0. The number of amides is 1. The molecule has 1 amide bonds. The van der Waals surface area contributed by atoms with E-state index < -0.39 is 0 Å². The second kappa shape index (κ2) is 9.43. The first kappa shape index (κ1) is 20.0. The number of nitrogens with zero attached hydrogens (tertiary/aromatic N) is 2. The highest BCUT2D eigenvalue weighted by molar-refractivity contribution is 14.1. The predicted molar refractivity (Wildman–Crippen MR) is 113 cm³/mol. The Morgan fingerprint density at radius 1 is 1.26 bits per heavy atom. The van der Waals surface area contributed by atoms with Gasteiger partial charge < -0.3 is 14.5 Å². The van der Waals surface area contributed by atoms with Crippen molar-refractivity contribution in [1.29, 1.82) is 0 Å². The number of benzene rings is 2. The third-order valence-electron chi connectivity index (χ3n) is 3.41. The molecule has 3 rings (SSSR count). The second-order valence-corrected chi connectivity index (χ2v) is 8.11. The molecule has 0 saturated heterocycles. The van der Waals surface area contributed by atoms with Gasteiger partial charge in [0.05, 0.1) is 5.75 Å². The summed E-state index contributed by atoms with van der Waals surface area (Å²) in [6.45, 7) is 2.10. The molecule has 0 aliphatic carbocycles. The molecule has 0 radical (unpaired) electrons. The van der Waals surface area contributed by atoms with Crippen LogP contribution < -0.4 is 10.1 Å². The van der Waals surface area contributed by atoms with Gasteiger partial charge in [0.15, 0.2) is 6.61 Å². The predicted octanol–water partition coefficient (Wildman–Crippen LogP) is 4.95. The molecule has 0 atom stereocenters. The van der Waals surface area contributed by atoms with Gasteiger partial charge in [-0.2, -0.15) is 0 Å². The first-order valence-corrected chi connectivity index (χ1v) is 10.3. The Morgan fingerprint density at radius 3 is 2.78 bits per heavy atom. The molecule has 1 N–H and O–H groups in total. The number of hydrogen-bond donors (Lipinski definition) is 1. The van der Waals surface area contributed by atoms with Crippen molar-refractivity contribution < 1.29 is 13.9 Å². The molecule has 140 valence electrons. The molecule has 0 spiro atoms. The summed E-state index contributed by atoms with van der Waals surface area (Å²) >= 11 is 9.23. The van der Waals surface area contributed by atoms with Crippen LogP contribution in [0, 0.1) is 10.5 Å². The summed E-state index contributed by atoms with van der Waals surface area (Å²) in [6, 6.07) is 12.8. The highest BCUT2D eigenvalue weighted by Crippen LogP contribution is 2.21. The average molecular weight is 516 g/mol. The Morgan fingerprint density at radius 2 is 2.04 bits per heavy atom. The molecule has 0 aliphatic heterocycles. The SMILES string of the molecule is Cc1cc(I)ccc1NC(=O)CSc1nnc(COc2ccc(Cl)cc2)o1. The molecule has 6 nitrogen and oxygen atoms in total. The molecule has 27 heavy (non-hydrogen) atoms. The Balaban J connectivity index is 1.47. The van der Waals surface area contributed by atoms with Gasteiger partial charge in [-0.3, -0.25) is 4.79 Å². The minimum absolute atomic E-state index is 0.138. The maximum atomic E-state index is 12.1. The highest BCUT2D eigenvalue weighted by atomic mass is 127. The Kier molecular flexibility index (Phi) is 6.97. The van der Waals surface area contributed by atoms with Gasteiger partial charge in [0.2, 0.25) is 5.91 Å². The lowest BCUT2D eigenvalue weighted by molar-refractivity contribution is -0.113. The maximum absolute atomic E-state index is 12.1. The molecule has 0 fully saturated rings. The zero-order valence-electron chi connectivity index (χ0n) is 14.2. The smallest absolute Gasteiger partial charge is 0.277 e. The summed E-state index contributed by atoms with van der Waals surface area (Å²) in [4.78, 5) is 12.1. The number of halogens is 2. The van der Waals surface area contributed by atoms with E-state index in [1.165, 1.54) is 11.8 Å². The lowest BCUT2D eigenvalue weighted by atomic mass is 10.2. The van der Waals surface area contributed by atoms with E-state index in [-0.39, 0.29) is 18.3 Å². The summed E-state index contributed by atoms with van der Waals surface area (Å²) in [5, 5.41) is 11.7. The molecule has 1 aromatic heterocycles. The van der Waals surface area contributed by atoms with Crippen LogP contribution >= 0.6 is 46.0 Å². The lowest BCUT2D eigenvalue weighted by Gasteiger charge is -2.07. The van der Waals surface area contributed by atoms with Crippen LogP contribution in [-0.2, 0) is 11.4 Å². The summed E-state index contributed by atoms with van der Waals surface area (Å²) in [5.74, 6) is 1.02. The number of carbonyl (C=O) groups excluding carboxylic acids is 1. The fourth-order valence-corrected chi connectivity index (χ4v) is 3.46. The lowest BCUT2D eigenvalue weighted by Crippen LogP contribution is -2.14. The van der Waals surface area contributed by atoms with Crippen molar-refractivity contribution in [2.24, 2.45) is 0 Å². The van der Waals surface area contributed by atoms with E-state index in [0.29, 0.717) is 21.9 Å². The van der Waals surface area contributed by atoms with E-state index in [1.54, 1.807) is 24.3 Å². The van der Waals surface area contributed by atoms with Crippen molar-refractivity contribution in [2.75, 3.05) is 11.1 Å². The van der Waals surface area contributed by atoms with Crippen LogP contribution in [-0.4, -0.2) is 21.9 Å². The van der Waals surface area contributed by atoms with E-state index in [4.69, 9.17) is 20.8 Å². The normalized spacial score (nSPS) is 10.6. The number of rotatable bonds is 7. The summed E-state index contributed by atoms with van der Waals surface area (Å²) in [7, 11) is 0. The molecule has 9 heteroatoms. The van der Waals surface area contributed by atoms with Crippen molar-refractivity contribution in [3.63, 3.8) is 0 Å². The molecule has 0 aliphatic rings. The van der Waals surface area contributed by atoms with Crippen LogP contribution in [0.3, 0.4) is 0 Å². The van der Waals surface area contributed by atoms with Gasteiger partial charge >= 0.3 is 0 Å². The van der Waals surface area contributed by atoms with Crippen LogP contribution in [0.5, 0.6) is 5.75 Å². The van der Waals surface area contributed by atoms with E-state index in [0.717, 1.165) is 14.8 Å². The number of thioether (sulfide) groups is 1. The minimum atomic E-state index is -0.138. The Hall–Kier alpha value is -1.78. The monoisotopic (exact) mass is 515 g/mol. The number of ether oxygens (including phenoxy) is 1. The standard InChI is InChI=1S/C18H15ClIN3O3S/c1-11-8-13(20)4-7-15(11)21-16(24)10-27-18-23-22-17(26-18)9-25-14-5-2-12(19)3-6-14/h2-8H,9-10H2,1H3,(H,21,24). The molecular weight excluding hydrogens is 501 g/mol. The molecular formula is C18H15ClIN3O3S. The fourth-order valence-electron chi connectivity index (χ4n) is 2.11. The quantitative estimate of drug-likeness (QED) is 0.355. The van der Waals surface area contributed by atoms with Crippen LogP contribution in [0.2, 0.25) is 5.02 Å². The largest absolute Gasteiger partial charge is 0.484 e. The minimum Gasteiger partial charge on any atom is -0.484 e. The fraction of sp³-hybridized carbons (Fsp3) is 0.167. The summed E-state index contributed by atoms with van der Waals surface area (Å²) < 4.78 is 12.1. The highest BCUT2D eigenvalue weighted by Gasteiger charge is 2.11. The van der Waals surface area contributed by atoms with Crippen LogP contribution in [0.4, 0.5) is 5.69 Å². The number of carbonyl (C=O) groups is 1. The van der Waals surface area contributed by atoms with Crippen molar-refractivity contribution in [3.05, 3.63) is 62.5 Å². The molecule has 1 heterocycles. The van der Waals surface area contributed by atoms with Gasteiger partial charge in [0.25, 0.3) is 11.1 Å².